The zero-order chi connectivity index (χ0) is 17.0. The maximum absolute atomic E-state index is 12.3. The van der Waals surface area contributed by atoms with Crippen molar-refractivity contribution in [2.24, 2.45) is 0 Å². The number of aryl methyl sites for hydroxylation is 1. The minimum Gasteiger partial charge on any atom is -0.348 e. The fourth-order valence-electron chi connectivity index (χ4n) is 2.12. The second kappa shape index (κ2) is 6.83. The zero-order valence-electron chi connectivity index (χ0n) is 13.4. The molecule has 2 aromatic rings. The summed E-state index contributed by atoms with van der Waals surface area (Å²) in [7, 11) is -1.90. The molecule has 0 saturated carbocycles. The number of carbonyl (C=O) groups is 1. The van der Waals surface area contributed by atoms with E-state index in [4.69, 9.17) is 0 Å². The molecule has 2 rings (SSSR count). The van der Waals surface area contributed by atoms with E-state index < -0.39 is 10.0 Å². The van der Waals surface area contributed by atoms with Gasteiger partial charge < -0.3 is 5.32 Å². The standard InChI is InChI=1S/C17H20N2O3S/c1-13-7-4-5-8-15(13)12-18-17(20)14-9-6-10-16(11-14)19(2)23(3,21)22/h4-11H,12H2,1-3H3,(H,18,20). The Hall–Kier alpha value is -2.34. The molecule has 0 radical (unpaired) electrons. The Morgan fingerprint density at radius 1 is 1.13 bits per heavy atom. The van der Waals surface area contributed by atoms with E-state index in [0.29, 0.717) is 17.8 Å². The van der Waals surface area contributed by atoms with Gasteiger partial charge in [-0.05, 0) is 36.2 Å². The Labute approximate surface area is 137 Å². The number of benzene rings is 2. The number of carbonyl (C=O) groups excluding carboxylic acids is 1. The zero-order valence-corrected chi connectivity index (χ0v) is 14.2. The molecule has 0 aliphatic heterocycles. The van der Waals surface area contributed by atoms with Crippen LogP contribution in [0.4, 0.5) is 5.69 Å². The number of anilines is 1. The van der Waals surface area contributed by atoms with Crippen molar-refractivity contribution in [3.63, 3.8) is 0 Å². The van der Waals surface area contributed by atoms with E-state index in [9.17, 15) is 13.2 Å². The summed E-state index contributed by atoms with van der Waals surface area (Å²) in [6.07, 6.45) is 1.12. The molecule has 6 heteroatoms. The molecule has 0 saturated heterocycles. The Kier molecular flexibility index (Phi) is 5.05. The van der Waals surface area contributed by atoms with Crippen molar-refractivity contribution in [1.29, 1.82) is 0 Å². The van der Waals surface area contributed by atoms with Crippen LogP contribution in [-0.2, 0) is 16.6 Å². The van der Waals surface area contributed by atoms with E-state index in [2.05, 4.69) is 5.32 Å². The number of nitrogens with zero attached hydrogens (tertiary/aromatic N) is 1. The van der Waals surface area contributed by atoms with Crippen molar-refractivity contribution in [3.8, 4) is 0 Å². The van der Waals surface area contributed by atoms with Gasteiger partial charge in [0.25, 0.3) is 5.91 Å². The largest absolute Gasteiger partial charge is 0.348 e. The summed E-state index contributed by atoms with van der Waals surface area (Å²) in [5.41, 5.74) is 3.03. The molecule has 5 nitrogen and oxygen atoms in total. The predicted octanol–water partition coefficient (Wildman–Crippen LogP) is 2.32. The number of amides is 1. The summed E-state index contributed by atoms with van der Waals surface area (Å²) in [5.74, 6) is -0.239. The van der Waals surface area contributed by atoms with Gasteiger partial charge >= 0.3 is 0 Å². The lowest BCUT2D eigenvalue weighted by Crippen LogP contribution is -2.26. The van der Waals surface area contributed by atoms with E-state index in [1.54, 1.807) is 24.3 Å². The van der Waals surface area contributed by atoms with Gasteiger partial charge in [-0.1, -0.05) is 30.3 Å². The first kappa shape index (κ1) is 17.0. The maximum Gasteiger partial charge on any atom is 0.251 e. The van der Waals surface area contributed by atoms with Crippen LogP contribution in [-0.4, -0.2) is 27.6 Å². The van der Waals surface area contributed by atoms with E-state index in [1.165, 1.54) is 7.05 Å². The third kappa shape index (κ3) is 4.32. The van der Waals surface area contributed by atoms with Crippen LogP contribution in [0.15, 0.2) is 48.5 Å². The molecule has 0 aromatic heterocycles. The lowest BCUT2D eigenvalue weighted by atomic mass is 10.1. The van der Waals surface area contributed by atoms with Gasteiger partial charge in [0.05, 0.1) is 11.9 Å². The summed E-state index contributed by atoms with van der Waals surface area (Å²) in [6, 6.07) is 14.4. The Morgan fingerprint density at radius 2 is 1.83 bits per heavy atom. The van der Waals surface area contributed by atoms with Gasteiger partial charge in [-0.3, -0.25) is 9.10 Å². The average Bonchev–Trinajstić information content (AvgIpc) is 2.52. The maximum atomic E-state index is 12.3. The van der Waals surface area contributed by atoms with Crippen molar-refractivity contribution >= 4 is 21.6 Å². The highest BCUT2D eigenvalue weighted by molar-refractivity contribution is 7.92. The van der Waals surface area contributed by atoms with Gasteiger partial charge in [0.1, 0.15) is 0 Å². The van der Waals surface area contributed by atoms with Gasteiger partial charge in [0.15, 0.2) is 0 Å². The number of sulfonamides is 1. The van der Waals surface area contributed by atoms with E-state index in [-0.39, 0.29) is 5.91 Å². The van der Waals surface area contributed by atoms with E-state index in [0.717, 1.165) is 21.7 Å². The molecule has 23 heavy (non-hydrogen) atoms. The Balaban J connectivity index is 2.13. The molecule has 0 unspecified atom stereocenters. The highest BCUT2D eigenvalue weighted by atomic mass is 32.2. The predicted molar refractivity (Wildman–Crippen MR) is 92.0 cm³/mol. The summed E-state index contributed by atoms with van der Waals surface area (Å²) >= 11 is 0. The average molecular weight is 332 g/mol. The van der Waals surface area contributed by atoms with Crippen LogP contribution in [0.5, 0.6) is 0 Å². The first-order valence-corrected chi connectivity index (χ1v) is 9.00. The molecule has 0 fully saturated rings. The molecule has 0 heterocycles. The molecule has 122 valence electrons. The van der Waals surface area contributed by atoms with Gasteiger partial charge in [0, 0.05) is 19.2 Å². The Bertz CT molecular complexity index is 816. The van der Waals surface area contributed by atoms with Crippen molar-refractivity contribution < 1.29 is 13.2 Å². The van der Waals surface area contributed by atoms with Crippen molar-refractivity contribution in [2.45, 2.75) is 13.5 Å². The molecule has 1 N–H and O–H groups in total. The van der Waals surface area contributed by atoms with Crippen molar-refractivity contribution in [3.05, 3.63) is 65.2 Å². The molecule has 0 aliphatic rings. The van der Waals surface area contributed by atoms with Crippen LogP contribution < -0.4 is 9.62 Å². The minimum absolute atomic E-state index is 0.239. The van der Waals surface area contributed by atoms with Crippen LogP contribution in [0.3, 0.4) is 0 Å². The number of nitrogens with one attached hydrogen (secondary N) is 1. The molecule has 0 atom stereocenters. The molecule has 0 spiro atoms. The molecule has 0 bridgehead atoms. The lowest BCUT2D eigenvalue weighted by molar-refractivity contribution is 0.0951. The monoisotopic (exact) mass is 332 g/mol. The van der Waals surface area contributed by atoms with Crippen molar-refractivity contribution in [2.75, 3.05) is 17.6 Å². The highest BCUT2D eigenvalue weighted by Gasteiger charge is 2.14. The summed E-state index contributed by atoms with van der Waals surface area (Å²) in [5, 5.41) is 2.85. The molecule has 2 aromatic carbocycles. The number of hydrogen-bond donors (Lipinski definition) is 1. The first-order valence-electron chi connectivity index (χ1n) is 7.15. The van der Waals surface area contributed by atoms with Crippen molar-refractivity contribution in [1.82, 2.24) is 5.32 Å². The fourth-order valence-corrected chi connectivity index (χ4v) is 2.62. The van der Waals surface area contributed by atoms with Gasteiger partial charge in [-0.25, -0.2) is 8.42 Å². The second-order valence-corrected chi connectivity index (χ2v) is 7.40. The Morgan fingerprint density at radius 3 is 2.48 bits per heavy atom. The van der Waals surface area contributed by atoms with Gasteiger partial charge in [0.2, 0.25) is 10.0 Å². The summed E-state index contributed by atoms with van der Waals surface area (Å²) < 4.78 is 24.3. The fraction of sp³-hybridized carbons (Fsp3) is 0.235. The number of hydrogen-bond acceptors (Lipinski definition) is 3. The molecular weight excluding hydrogens is 312 g/mol. The van der Waals surface area contributed by atoms with Crippen LogP contribution in [0, 0.1) is 6.92 Å². The number of rotatable bonds is 5. The normalized spacial score (nSPS) is 11.1. The molecule has 0 aliphatic carbocycles. The van der Waals surface area contributed by atoms with E-state index in [1.807, 2.05) is 31.2 Å². The molecular formula is C17H20N2O3S. The van der Waals surface area contributed by atoms with Crippen LogP contribution in [0.25, 0.3) is 0 Å². The third-order valence-corrected chi connectivity index (χ3v) is 4.88. The topological polar surface area (TPSA) is 66.5 Å². The van der Waals surface area contributed by atoms with E-state index >= 15 is 0 Å². The van der Waals surface area contributed by atoms with Gasteiger partial charge in [-0.2, -0.15) is 0 Å². The highest BCUT2D eigenvalue weighted by Crippen LogP contribution is 2.17. The minimum atomic E-state index is -3.36. The quantitative estimate of drug-likeness (QED) is 0.914. The van der Waals surface area contributed by atoms with Gasteiger partial charge in [-0.15, -0.1) is 0 Å². The summed E-state index contributed by atoms with van der Waals surface area (Å²) in [4.78, 5) is 12.3. The summed E-state index contributed by atoms with van der Waals surface area (Å²) in [6.45, 7) is 2.42. The second-order valence-electron chi connectivity index (χ2n) is 5.39. The third-order valence-electron chi connectivity index (χ3n) is 3.67. The van der Waals surface area contributed by atoms with Crippen LogP contribution in [0.2, 0.25) is 0 Å². The molecule has 1 amide bonds. The van der Waals surface area contributed by atoms with Crippen LogP contribution in [0.1, 0.15) is 21.5 Å². The smallest absolute Gasteiger partial charge is 0.251 e. The lowest BCUT2D eigenvalue weighted by Gasteiger charge is -2.17. The van der Waals surface area contributed by atoms with Crippen LogP contribution >= 0.6 is 0 Å². The first-order chi connectivity index (χ1) is 10.8. The SMILES string of the molecule is Cc1ccccc1CNC(=O)c1cccc(N(C)S(C)(=O)=O)c1.